The molecule has 31 heavy (non-hydrogen) atoms. The lowest BCUT2D eigenvalue weighted by molar-refractivity contribution is 0.0929. The van der Waals surface area contributed by atoms with E-state index in [1.807, 2.05) is 19.9 Å². The SMILES string of the molecule is CCc1c(C(=O)NC2CCCc3ccccc32)c(=O)cc(C)n1CCN1CCCCC1. The van der Waals surface area contributed by atoms with Gasteiger partial charge in [0.25, 0.3) is 5.91 Å². The molecule has 1 aliphatic carbocycles. The molecule has 1 fully saturated rings. The van der Waals surface area contributed by atoms with E-state index in [1.165, 1.54) is 30.4 Å². The van der Waals surface area contributed by atoms with Crippen molar-refractivity contribution in [3.05, 3.63) is 68.6 Å². The first kappa shape index (κ1) is 21.8. The minimum Gasteiger partial charge on any atom is -0.347 e. The average molecular weight is 422 g/mol. The molecular weight excluding hydrogens is 386 g/mol. The predicted molar refractivity (Wildman–Crippen MR) is 125 cm³/mol. The molecule has 166 valence electrons. The lowest BCUT2D eigenvalue weighted by atomic mass is 9.87. The summed E-state index contributed by atoms with van der Waals surface area (Å²) < 4.78 is 2.19. The molecule has 1 atom stereocenters. The summed E-state index contributed by atoms with van der Waals surface area (Å²) in [5.41, 5.74) is 4.47. The molecule has 1 saturated heterocycles. The first-order chi connectivity index (χ1) is 15.1. The molecule has 0 saturated carbocycles. The maximum absolute atomic E-state index is 13.4. The molecule has 5 heteroatoms. The van der Waals surface area contributed by atoms with Crippen molar-refractivity contribution < 1.29 is 4.79 Å². The minimum absolute atomic E-state index is 0.0235. The van der Waals surface area contributed by atoms with Gasteiger partial charge in [0, 0.05) is 30.5 Å². The maximum Gasteiger partial charge on any atom is 0.257 e. The highest BCUT2D eigenvalue weighted by molar-refractivity contribution is 5.95. The summed E-state index contributed by atoms with van der Waals surface area (Å²) in [5.74, 6) is -0.227. The second-order valence-corrected chi connectivity index (χ2v) is 9.00. The van der Waals surface area contributed by atoms with Crippen LogP contribution in [0.25, 0.3) is 0 Å². The Hall–Kier alpha value is -2.40. The fourth-order valence-corrected chi connectivity index (χ4v) is 5.31. The van der Waals surface area contributed by atoms with Gasteiger partial charge in [-0.2, -0.15) is 0 Å². The molecule has 2 aliphatic rings. The number of carbonyl (C=O) groups is 1. The molecule has 2 aromatic rings. The number of benzene rings is 1. The Kier molecular flexibility index (Phi) is 6.91. The van der Waals surface area contributed by atoms with Crippen LogP contribution >= 0.6 is 0 Å². The summed E-state index contributed by atoms with van der Waals surface area (Å²) in [6.45, 7) is 8.11. The van der Waals surface area contributed by atoms with Gasteiger partial charge in [0.05, 0.1) is 6.04 Å². The maximum atomic E-state index is 13.4. The first-order valence-corrected chi connectivity index (χ1v) is 11.9. The number of nitrogens with zero attached hydrogens (tertiary/aromatic N) is 2. The number of piperidine rings is 1. The Morgan fingerprint density at radius 3 is 2.65 bits per heavy atom. The molecule has 1 amide bonds. The average Bonchev–Trinajstić information content (AvgIpc) is 2.78. The zero-order valence-corrected chi connectivity index (χ0v) is 19.0. The molecule has 2 heterocycles. The Morgan fingerprint density at radius 1 is 1.10 bits per heavy atom. The number of fused-ring (bicyclic) bond motifs is 1. The van der Waals surface area contributed by atoms with Gasteiger partial charge >= 0.3 is 0 Å². The van der Waals surface area contributed by atoms with Crippen LogP contribution in [0.2, 0.25) is 0 Å². The molecular formula is C26H35N3O2. The zero-order valence-electron chi connectivity index (χ0n) is 19.0. The second-order valence-electron chi connectivity index (χ2n) is 9.00. The second kappa shape index (κ2) is 9.82. The zero-order chi connectivity index (χ0) is 21.8. The van der Waals surface area contributed by atoms with E-state index < -0.39 is 0 Å². The molecule has 1 N–H and O–H groups in total. The first-order valence-electron chi connectivity index (χ1n) is 11.9. The van der Waals surface area contributed by atoms with Crippen LogP contribution in [0.15, 0.2) is 35.1 Å². The van der Waals surface area contributed by atoms with Crippen molar-refractivity contribution in [1.29, 1.82) is 0 Å². The van der Waals surface area contributed by atoms with E-state index in [-0.39, 0.29) is 17.4 Å². The van der Waals surface area contributed by atoms with Crippen LogP contribution in [0.5, 0.6) is 0 Å². The fourth-order valence-electron chi connectivity index (χ4n) is 5.31. The molecule has 0 radical (unpaired) electrons. The number of carbonyl (C=O) groups excluding carboxylic acids is 1. The summed E-state index contributed by atoms with van der Waals surface area (Å²) in [5, 5.41) is 3.20. The number of rotatable bonds is 6. The summed E-state index contributed by atoms with van der Waals surface area (Å²) in [7, 11) is 0. The van der Waals surface area contributed by atoms with Crippen LogP contribution in [0.3, 0.4) is 0 Å². The molecule has 5 nitrogen and oxygen atoms in total. The summed E-state index contributed by atoms with van der Waals surface area (Å²) >= 11 is 0. The number of amides is 1. The van der Waals surface area contributed by atoms with E-state index in [9.17, 15) is 9.59 Å². The van der Waals surface area contributed by atoms with Crippen molar-refractivity contribution >= 4 is 5.91 Å². The van der Waals surface area contributed by atoms with Crippen molar-refractivity contribution in [2.24, 2.45) is 0 Å². The van der Waals surface area contributed by atoms with Crippen molar-refractivity contribution in [3.63, 3.8) is 0 Å². The molecule has 4 rings (SSSR count). The van der Waals surface area contributed by atoms with E-state index in [1.54, 1.807) is 6.07 Å². The number of nitrogens with one attached hydrogen (secondary N) is 1. The number of hydrogen-bond donors (Lipinski definition) is 1. The third-order valence-electron chi connectivity index (χ3n) is 6.95. The van der Waals surface area contributed by atoms with E-state index in [4.69, 9.17) is 0 Å². The van der Waals surface area contributed by atoms with Crippen LogP contribution in [0.1, 0.15) is 77.9 Å². The third kappa shape index (κ3) is 4.77. The Balaban J connectivity index is 1.58. The highest BCUT2D eigenvalue weighted by atomic mass is 16.2. The quantitative estimate of drug-likeness (QED) is 0.767. The van der Waals surface area contributed by atoms with Crippen molar-refractivity contribution in [2.45, 2.75) is 71.4 Å². The lowest BCUT2D eigenvalue weighted by Crippen LogP contribution is -2.37. The van der Waals surface area contributed by atoms with Crippen LogP contribution in [-0.4, -0.2) is 35.0 Å². The number of aryl methyl sites for hydroxylation is 2. The number of pyridine rings is 1. The molecule has 0 spiro atoms. The van der Waals surface area contributed by atoms with Gasteiger partial charge in [0.2, 0.25) is 0 Å². The fraction of sp³-hybridized carbons (Fsp3) is 0.538. The summed E-state index contributed by atoms with van der Waals surface area (Å²) in [4.78, 5) is 28.8. The van der Waals surface area contributed by atoms with Gasteiger partial charge < -0.3 is 14.8 Å². The summed E-state index contributed by atoms with van der Waals surface area (Å²) in [6.07, 6.45) is 7.54. The van der Waals surface area contributed by atoms with E-state index in [0.29, 0.717) is 12.0 Å². The highest BCUT2D eigenvalue weighted by Gasteiger charge is 2.25. The van der Waals surface area contributed by atoms with Crippen LogP contribution in [-0.2, 0) is 19.4 Å². The van der Waals surface area contributed by atoms with E-state index in [2.05, 4.69) is 33.0 Å². The van der Waals surface area contributed by atoms with Crippen LogP contribution in [0.4, 0.5) is 0 Å². The lowest BCUT2D eigenvalue weighted by Gasteiger charge is -2.29. The highest BCUT2D eigenvalue weighted by Crippen LogP contribution is 2.29. The topological polar surface area (TPSA) is 54.3 Å². The third-order valence-corrected chi connectivity index (χ3v) is 6.95. The predicted octanol–water partition coefficient (Wildman–Crippen LogP) is 4.01. The van der Waals surface area contributed by atoms with Gasteiger partial charge in [-0.3, -0.25) is 9.59 Å². The van der Waals surface area contributed by atoms with E-state index in [0.717, 1.165) is 56.8 Å². The number of likely N-dealkylation sites (tertiary alicyclic amines) is 1. The van der Waals surface area contributed by atoms with Crippen LogP contribution in [0, 0.1) is 6.92 Å². The monoisotopic (exact) mass is 421 g/mol. The van der Waals surface area contributed by atoms with Gasteiger partial charge in [-0.1, -0.05) is 37.6 Å². The Labute approximate surface area is 185 Å². The van der Waals surface area contributed by atoms with E-state index >= 15 is 0 Å². The summed E-state index contributed by atoms with van der Waals surface area (Å²) in [6, 6.07) is 9.94. The smallest absolute Gasteiger partial charge is 0.257 e. The van der Waals surface area contributed by atoms with Gasteiger partial charge in [-0.05, 0) is 69.7 Å². The molecule has 1 aromatic heterocycles. The molecule has 1 aliphatic heterocycles. The van der Waals surface area contributed by atoms with Gasteiger partial charge in [0.1, 0.15) is 5.56 Å². The minimum atomic E-state index is -0.227. The molecule has 1 aromatic carbocycles. The van der Waals surface area contributed by atoms with Crippen molar-refractivity contribution in [2.75, 3.05) is 19.6 Å². The Morgan fingerprint density at radius 2 is 1.87 bits per heavy atom. The van der Waals surface area contributed by atoms with Crippen molar-refractivity contribution in [1.82, 2.24) is 14.8 Å². The Bertz CT molecular complexity index is 989. The normalized spacial score (nSPS) is 19.1. The van der Waals surface area contributed by atoms with Gasteiger partial charge in [-0.15, -0.1) is 0 Å². The molecule has 0 bridgehead atoms. The van der Waals surface area contributed by atoms with Gasteiger partial charge in [0.15, 0.2) is 5.43 Å². The van der Waals surface area contributed by atoms with Crippen molar-refractivity contribution in [3.8, 4) is 0 Å². The molecule has 1 unspecified atom stereocenters. The number of hydrogen-bond acceptors (Lipinski definition) is 3. The van der Waals surface area contributed by atoms with Crippen LogP contribution < -0.4 is 10.7 Å². The largest absolute Gasteiger partial charge is 0.347 e. The standard InChI is InChI=1S/C26H35N3O2/c1-3-23-25(26(31)27-22-13-9-11-20-10-5-6-12-21(20)22)24(30)18-19(2)29(23)17-16-28-14-7-4-8-15-28/h5-6,10,12,18,22H,3-4,7-9,11,13-17H2,1-2H3,(H,27,31). The van der Waals surface area contributed by atoms with Gasteiger partial charge in [-0.25, -0.2) is 0 Å². The number of aromatic nitrogens is 1.